The van der Waals surface area contributed by atoms with Crippen molar-refractivity contribution in [1.82, 2.24) is 14.9 Å². The molecule has 0 spiro atoms. The molecular weight excluding hydrogens is 497 g/mol. The number of fused-ring (bicyclic) bond motifs is 1. The van der Waals surface area contributed by atoms with Crippen LogP contribution in [0.25, 0.3) is 10.2 Å². The fourth-order valence-electron chi connectivity index (χ4n) is 3.53. The molecule has 1 fully saturated rings. The van der Waals surface area contributed by atoms with Gasteiger partial charge in [0.1, 0.15) is 28.9 Å². The van der Waals surface area contributed by atoms with Crippen LogP contribution in [-0.2, 0) is 16.1 Å². The van der Waals surface area contributed by atoms with Crippen LogP contribution >= 0.6 is 22.9 Å². The van der Waals surface area contributed by atoms with Crippen LogP contribution in [0.15, 0.2) is 42.7 Å². The maximum absolute atomic E-state index is 13.5. The van der Waals surface area contributed by atoms with Gasteiger partial charge >= 0.3 is 11.9 Å². The van der Waals surface area contributed by atoms with E-state index in [9.17, 15) is 14.0 Å². The van der Waals surface area contributed by atoms with Crippen molar-refractivity contribution in [2.75, 3.05) is 18.4 Å². The van der Waals surface area contributed by atoms with Crippen LogP contribution in [0.4, 0.5) is 10.2 Å². The lowest BCUT2D eigenvalue weighted by atomic mass is 10.0. The lowest BCUT2D eigenvalue weighted by molar-refractivity contribution is -0.134. The number of nitrogens with zero attached hydrogens (tertiary/aromatic N) is 4. The second-order valence-corrected chi connectivity index (χ2v) is 9.28. The predicted molar refractivity (Wildman–Crippen MR) is 132 cm³/mol. The maximum Gasteiger partial charge on any atom is 0.328 e. The number of halogens is 2. The van der Waals surface area contributed by atoms with Crippen molar-refractivity contribution in [1.29, 1.82) is 5.26 Å². The fraction of sp³-hybridized carbons (Fsp3) is 0.261. The number of piperidine rings is 1. The predicted octanol–water partition coefficient (Wildman–Crippen LogP) is 4.39. The number of thiophene rings is 1. The Morgan fingerprint density at radius 3 is 2.57 bits per heavy atom. The van der Waals surface area contributed by atoms with Crippen LogP contribution in [-0.4, -0.2) is 56.2 Å². The third kappa shape index (κ3) is 7.71. The molecular formula is C23H23ClFN5O4S. The summed E-state index contributed by atoms with van der Waals surface area (Å²) in [6, 6.07) is 8.89. The summed E-state index contributed by atoms with van der Waals surface area (Å²) in [5.74, 6) is -2.15. The molecule has 1 aliphatic rings. The van der Waals surface area contributed by atoms with Crippen molar-refractivity contribution in [2.45, 2.75) is 25.4 Å². The van der Waals surface area contributed by atoms with Gasteiger partial charge in [0.2, 0.25) is 0 Å². The Labute approximate surface area is 210 Å². The maximum atomic E-state index is 13.5. The van der Waals surface area contributed by atoms with Crippen LogP contribution in [0.3, 0.4) is 0 Å². The number of hydrogen-bond acceptors (Lipinski definition) is 8. The number of benzene rings is 1. The Bertz CT molecular complexity index is 1280. The number of likely N-dealkylation sites (tertiary alicyclic amines) is 1. The number of aliphatic carboxylic acids is 2. The molecule has 0 saturated carbocycles. The molecule has 9 nitrogen and oxygen atoms in total. The van der Waals surface area contributed by atoms with Crippen LogP contribution in [0.5, 0.6) is 0 Å². The molecule has 0 amide bonds. The van der Waals surface area contributed by atoms with Crippen molar-refractivity contribution >= 4 is 50.9 Å². The normalized spacial score (nSPS) is 14.3. The zero-order chi connectivity index (χ0) is 25.4. The molecule has 0 bridgehead atoms. The Hall–Kier alpha value is -3.59. The van der Waals surface area contributed by atoms with E-state index in [0.717, 1.165) is 54.1 Å². The number of anilines is 1. The molecule has 2 aromatic heterocycles. The zero-order valence-electron chi connectivity index (χ0n) is 18.3. The topological polar surface area (TPSA) is 139 Å². The number of nitrogens with one attached hydrogen (secondary N) is 1. The molecule has 1 aromatic carbocycles. The van der Waals surface area contributed by atoms with Crippen molar-refractivity contribution in [2.24, 2.45) is 0 Å². The summed E-state index contributed by atoms with van der Waals surface area (Å²) in [5, 5.41) is 29.1. The summed E-state index contributed by atoms with van der Waals surface area (Å²) in [6.07, 6.45) is 4.64. The highest BCUT2D eigenvalue weighted by Crippen LogP contribution is 2.32. The molecule has 0 aliphatic carbocycles. The van der Waals surface area contributed by atoms with Crippen LogP contribution in [0.2, 0.25) is 4.34 Å². The molecule has 4 rings (SSSR count). The Balaban J connectivity index is 0.000000442. The minimum absolute atomic E-state index is 0. The Kier molecular flexibility index (Phi) is 9.08. The number of rotatable bonds is 6. The van der Waals surface area contributed by atoms with E-state index in [4.69, 9.17) is 27.1 Å². The smallest absolute Gasteiger partial charge is 0.328 e. The first kappa shape index (κ1) is 26.0. The largest absolute Gasteiger partial charge is 0.478 e. The Morgan fingerprint density at radius 1 is 1.26 bits per heavy atom. The van der Waals surface area contributed by atoms with Gasteiger partial charge in [0.25, 0.3) is 0 Å². The zero-order valence-corrected chi connectivity index (χ0v) is 19.9. The van der Waals surface area contributed by atoms with E-state index in [1.807, 2.05) is 12.1 Å². The highest BCUT2D eigenvalue weighted by Gasteiger charge is 2.21. The van der Waals surface area contributed by atoms with Gasteiger partial charge in [-0.05, 0) is 36.6 Å². The van der Waals surface area contributed by atoms with E-state index >= 15 is 0 Å². The number of carbonyl (C=O) groups is 2. The van der Waals surface area contributed by atoms with Gasteiger partial charge in [-0.3, -0.25) is 4.90 Å². The van der Waals surface area contributed by atoms with Crippen molar-refractivity contribution < 1.29 is 25.6 Å². The van der Waals surface area contributed by atoms with Crippen molar-refractivity contribution in [3.63, 3.8) is 0 Å². The number of hydrogen-bond donors (Lipinski definition) is 3. The van der Waals surface area contributed by atoms with Gasteiger partial charge in [0, 0.05) is 39.3 Å². The van der Waals surface area contributed by atoms with E-state index in [1.54, 1.807) is 18.5 Å². The molecule has 35 heavy (non-hydrogen) atoms. The SMILES string of the molecule is N#Cc1cc(CN2CCC(Nc3ncnc4sc(Cl)cc34)CC2)ccc1F.O=C(O)/C=C\C(=O)O.[HH]. The van der Waals surface area contributed by atoms with E-state index < -0.39 is 17.8 Å². The molecule has 1 aliphatic heterocycles. The summed E-state index contributed by atoms with van der Waals surface area (Å²) in [5.41, 5.74) is 1.07. The molecule has 0 radical (unpaired) electrons. The van der Waals surface area contributed by atoms with Gasteiger partial charge in [-0.1, -0.05) is 17.7 Å². The molecule has 1 saturated heterocycles. The Morgan fingerprint density at radius 2 is 1.94 bits per heavy atom. The van der Waals surface area contributed by atoms with E-state index in [-0.39, 0.29) is 6.99 Å². The average molecular weight is 520 g/mol. The fourth-order valence-corrected chi connectivity index (χ4v) is 4.58. The molecule has 184 valence electrons. The summed E-state index contributed by atoms with van der Waals surface area (Å²) >= 11 is 7.55. The van der Waals surface area contributed by atoms with Gasteiger partial charge in [0.05, 0.1) is 15.3 Å². The number of aromatic nitrogens is 2. The first-order valence-corrected chi connectivity index (χ1v) is 11.7. The summed E-state index contributed by atoms with van der Waals surface area (Å²) < 4.78 is 14.2. The molecule has 3 N–H and O–H groups in total. The quantitative estimate of drug-likeness (QED) is 0.404. The standard InChI is InChI=1S/C19H17ClFN5S.C4H4O4.H2/c20-17-8-15-18(23-11-24-19(15)27-17)25-14-3-5-26(6-4-14)10-12-1-2-16(21)13(7-12)9-22;5-3(6)1-2-4(7)8;/h1-2,7-8,11,14H,3-6,10H2,(H,23,24,25);1-2H,(H,5,6)(H,7,8);1H/b;2-1-;. The third-order valence-electron chi connectivity index (χ3n) is 5.15. The number of carboxylic acid groups (broad SMARTS) is 2. The van der Waals surface area contributed by atoms with Crippen molar-refractivity contribution in [3.8, 4) is 6.07 Å². The molecule has 0 atom stereocenters. The highest BCUT2D eigenvalue weighted by molar-refractivity contribution is 7.22. The molecule has 3 aromatic rings. The second-order valence-electron chi connectivity index (χ2n) is 7.62. The first-order valence-electron chi connectivity index (χ1n) is 10.5. The second kappa shape index (κ2) is 12.2. The van der Waals surface area contributed by atoms with Gasteiger partial charge in [-0.15, -0.1) is 11.3 Å². The minimum Gasteiger partial charge on any atom is -0.478 e. The summed E-state index contributed by atoms with van der Waals surface area (Å²) in [4.78, 5) is 31.0. The minimum atomic E-state index is -1.26. The van der Waals surface area contributed by atoms with Crippen LogP contribution in [0.1, 0.15) is 25.4 Å². The first-order chi connectivity index (χ1) is 16.7. The lowest BCUT2D eigenvalue weighted by Gasteiger charge is -2.32. The summed E-state index contributed by atoms with van der Waals surface area (Å²) in [7, 11) is 0. The average Bonchev–Trinajstić information content (AvgIpc) is 3.22. The van der Waals surface area contributed by atoms with E-state index in [1.165, 1.54) is 17.4 Å². The lowest BCUT2D eigenvalue weighted by Crippen LogP contribution is -2.38. The monoisotopic (exact) mass is 519 g/mol. The van der Waals surface area contributed by atoms with Gasteiger partial charge in [-0.2, -0.15) is 5.26 Å². The molecule has 0 unspecified atom stereocenters. The third-order valence-corrected chi connectivity index (χ3v) is 6.33. The van der Waals surface area contributed by atoms with Gasteiger partial charge in [0.15, 0.2) is 0 Å². The number of nitriles is 1. The van der Waals surface area contributed by atoms with Crippen LogP contribution < -0.4 is 5.32 Å². The van der Waals surface area contributed by atoms with Crippen LogP contribution in [0, 0.1) is 17.1 Å². The summed E-state index contributed by atoms with van der Waals surface area (Å²) in [6.45, 7) is 2.57. The van der Waals surface area contributed by atoms with Crippen molar-refractivity contribution in [3.05, 3.63) is 64.0 Å². The van der Waals surface area contributed by atoms with Gasteiger partial charge < -0.3 is 15.5 Å². The molecule has 12 heteroatoms. The van der Waals surface area contributed by atoms with E-state index in [2.05, 4.69) is 20.2 Å². The van der Waals surface area contributed by atoms with E-state index in [0.29, 0.717) is 22.5 Å². The highest BCUT2D eigenvalue weighted by atomic mass is 35.5. The van der Waals surface area contributed by atoms with Gasteiger partial charge in [-0.25, -0.2) is 23.9 Å². The number of carboxylic acids is 2. The molecule has 3 heterocycles.